The highest BCUT2D eigenvalue weighted by Gasteiger charge is 1.97. The molecule has 0 aliphatic rings. The Balaban J connectivity index is 2.99. The maximum Gasteiger partial charge on any atom is 0.120 e. The maximum atomic E-state index is 2.26. The first-order valence-corrected chi connectivity index (χ1v) is 3.35. The van der Waals surface area contributed by atoms with Crippen molar-refractivity contribution in [3.05, 3.63) is 0 Å². The SMILES string of the molecule is CBC(CC)CC. The third-order valence-electron chi connectivity index (χ3n) is 1.73. The van der Waals surface area contributed by atoms with Gasteiger partial charge < -0.3 is 0 Å². The molecule has 0 aromatic rings. The Labute approximate surface area is 47.6 Å². The van der Waals surface area contributed by atoms with Crippen molar-refractivity contribution in [2.75, 3.05) is 0 Å². The molecule has 0 unspecified atom stereocenters. The third-order valence-corrected chi connectivity index (χ3v) is 1.73. The third kappa shape index (κ3) is 2.72. The van der Waals surface area contributed by atoms with Gasteiger partial charge in [0.25, 0.3) is 0 Å². The Morgan fingerprint density at radius 1 is 1.29 bits per heavy atom. The van der Waals surface area contributed by atoms with Crippen LogP contribution in [0, 0.1) is 0 Å². The van der Waals surface area contributed by atoms with Gasteiger partial charge in [0.05, 0.1) is 0 Å². The Morgan fingerprint density at radius 3 is 1.71 bits per heavy atom. The van der Waals surface area contributed by atoms with Crippen molar-refractivity contribution in [2.45, 2.75) is 39.3 Å². The first-order chi connectivity index (χ1) is 3.35. The second-order valence-corrected chi connectivity index (χ2v) is 2.09. The molecule has 0 atom stereocenters. The van der Waals surface area contributed by atoms with Crippen LogP contribution >= 0.6 is 0 Å². The molecule has 0 N–H and O–H groups in total. The topological polar surface area (TPSA) is 0 Å². The Kier molecular flexibility index (Phi) is 4.27. The summed E-state index contributed by atoms with van der Waals surface area (Å²) < 4.78 is 0. The van der Waals surface area contributed by atoms with Gasteiger partial charge in [-0.15, -0.1) is 0 Å². The molecular formula is C6H15B. The summed E-state index contributed by atoms with van der Waals surface area (Å²) in [4.78, 5) is 0. The van der Waals surface area contributed by atoms with E-state index in [1.54, 1.807) is 0 Å². The first kappa shape index (κ1) is 7.06. The lowest BCUT2D eigenvalue weighted by atomic mass is 9.64. The van der Waals surface area contributed by atoms with E-state index in [0.717, 1.165) is 5.82 Å². The molecule has 0 rings (SSSR count). The molecule has 0 radical (unpaired) electrons. The molecule has 0 aromatic carbocycles. The Bertz CT molecular complexity index is 25.7. The molecule has 0 aliphatic heterocycles. The van der Waals surface area contributed by atoms with Gasteiger partial charge in [-0.3, -0.25) is 0 Å². The smallest absolute Gasteiger partial charge is 0.0891 e. The van der Waals surface area contributed by atoms with Crippen molar-refractivity contribution in [3.63, 3.8) is 0 Å². The molecule has 1 heteroatoms. The minimum Gasteiger partial charge on any atom is -0.0891 e. The maximum absolute atomic E-state index is 2.26. The summed E-state index contributed by atoms with van der Waals surface area (Å²) >= 11 is 0. The van der Waals surface area contributed by atoms with Crippen LogP contribution in [0.3, 0.4) is 0 Å². The summed E-state index contributed by atoms with van der Waals surface area (Å²) in [6.07, 6.45) is 2.71. The van der Waals surface area contributed by atoms with Crippen molar-refractivity contribution in [1.82, 2.24) is 0 Å². The van der Waals surface area contributed by atoms with Crippen molar-refractivity contribution < 1.29 is 0 Å². The summed E-state index contributed by atoms with van der Waals surface area (Å²) in [6.45, 7) is 6.78. The molecule has 0 nitrogen and oxygen atoms in total. The monoisotopic (exact) mass is 98.1 g/mol. The van der Waals surface area contributed by atoms with Crippen LogP contribution in [0.1, 0.15) is 26.7 Å². The standard InChI is InChI=1S/C6H15B/c1-4-6(5-2)7-3/h6-7H,4-5H2,1-3H3. The van der Waals surface area contributed by atoms with Crippen LogP contribution in [0.5, 0.6) is 0 Å². The quantitative estimate of drug-likeness (QED) is 0.474. The van der Waals surface area contributed by atoms with E-state index < -0.39 is 0 Å². The number of hydrogen-bond donors (Lipinski definition) is 0. The van der Waals surface area contributed by atoms with Gasteiger partial charge in [0.2, 0.25) is 0 Å². The lowest BCUT2D eigenvalue weighted by Crippen LogP contribution is -1.94. The van der Waals surface area contributed by atoms with Crippen LogP contribution < -0.4 is 0 Å². The van der Waals surface area contributed by atoms with Gasteiger partial charge in [-0.1, -0.05) is 39.3 Å². The molecule has 0 saturated heterocycles. The molecule has 7 heavy (non-hydrogen) atoms. The lowest BCUT2D eigenvalue weighted by molar-refractivity contribution is 0.761. The molecule has 0 amide bonds. The van der Waals surface area contributed by atoms with Crippen LogP contribution in [-0.2, 0) is 0 Å². The van der Waals surface area contributed by atoms with Crippen molar-refractivity contribution in [3.8, 4) is 0 Å². The van der Waals surface area contributed by atoms with Gasteiger partial charge in [0, 0.05) is 0 Å². The van der Waals surface area contributed by atoms with Crippen molar-refractivity contribution >= 4 is 7.28 Å². The summed E-state index contributed by atoms with van der Waals surface area (Å²) in [6, 6.07) is 0. The molecule has 0 aromatic heterocycles. The molecule has 0 fully saturated rings. The average molecular weight is 98.0 g/mol. The number of hydrogen-bond acceptors (Lipinski definition) is 0. The van der Waals surface area contributed by atoms with E-state index in [4.69, 9.17) is 0 Å². The molecule has 0 aliphatic carbocycles. The molecule has 0 bridgehead atoms. The van der Waals surface area contributed by atoms with Crippen molar-refractivity contribution in [2.24, 2.45) is 0 Å². The minimum absolute atomic E-state index is 0.986. The predicted molar refractivity (Wildman–Crippen MR) is 37.3 cm³/mol. The molecule has 0 spiro atoms. The fourth-order valence-electron chi connectivity index (χ4n) is 0.866. The van der Waals surface area contributed by atoms with E-state index in [1.165, 1.54) is 20.1 Å². The van der Waals surface area contributed by atoms with Crippen LogP contribution in [0.15, 0.2) is 0 Å². The zero-order valence-electron chi connectivity index (χ0n) is 5.70. The van der Waals surface area contributed by atoms with E-state index in [2.05, 4.69) is 20.7 Å². The van der Waals surface area contributed by atoms with Gasteiger partial charge in [-0.2, -0.15) is 0 Å². The van der Waals surface area contributed by atoms with E-state index >= 15 is 0 Å². The van der Waals surface area contributed by atoms with Gasteiger partial charge >= 0.3 is 0 Å². The van der Waals surface area contributed by atoms with Gasteiger partial charge in [0.15, 0.2) is 0 Å². The molecule has 42 valence electrons. The predicted octanol–water partition coefficient (Wildman–Crippen LogP) is 2.08. The first-order valence-electron chi connectivity index (χ1n) is 3.35. The van der Waals surface area contributed by atoms with Crippen LogP contribution in [0.25, 0.3) is 0 Å². The highest BCUT2D eigenvalue weighted by Crippen LogP contribution is 2.11. The Morgan fingerprint density at radius 2 is 1.71 bits per heavy atom. The average Bonchev–Trinajstić information content (AvgIpc) is 1.72. The highest BCUT2D eigenvalue weighted by atomic mass is 13.9. The van der Waals surface area contributed by atoms with Crippen LogP contribution in [0.4, 0.5) is 0 Å². The minimum atomic E-state index is 0.986. The van der Waals surface area contributed by atoms with Gasteiger partial charge in [-0.05, 0) is 0 Å². The van der Waals surface area contributed by atoms with E-state index in [0.29, 0.717) is 0 Å². The van der Waals surface area contributed by atoms with E-state index in [9.17, 15) is 0 Å². The number of rotatable bonds is 3. The second kappa shape index (κ2) is 4.23. The van der Waals surface area contributed by atoms with Crippen LogP contribution in [0.2, 0.25) is 12.6 Å². The zero-order valence-corrected chi connectivity index (χ0v) is 5.70. The fourth-order valence-corrected chi connectivity index (χ4v) is 0.866. The fraction of sp³-hybridized carbons (Fsp3) is 1.00. The van der Waals surface area contributed by atoms with E-state index in [1.807, 2.05) is 0 Å². The molecule has 0 heterocycles. The largest absolute Gasteiger partial charge is 0.120 e. The molecular weight excluding hydrogens is 82.9 g/mol. The van der Waals surface area contributed by atoms with Gasteiger partial charge in [-0.25, -0.2) is 0 Å². The van der Waals surface area contributed by atoms with Gasteiger partial charge in [0.1, 0.15) is 7.28 Å². The summed E-state index contributed by atoms with van der Waals surface area (Å²) in [5.41, 5.74) is 0. The summed E-state index contributed by atoms with van der Waals surface area (Å²) in [7, 11) is 1.35. The summed E-state index contributed by atoms with van der Waals surface area (Å²) in [5.74, 6) is 0.986. The normalized spacial score (nSPS) is 9.71. The zero-order chi connectivity index (χ0) is 5.70. The van der Waals surface area contributed by atoms with Crippen molar-refractivity contribution in [1.29, 1.82) is 0 Å². The Hall–Kier alpha value is 0.0649. The molecule has 0 saturated carbocycles. The van der Waals surface area contributed by atoms with Crippen LogP contribution in [-0.4, -0.2) is 7.28 Å². The second-order valence-electron chi connectivity index (χ2n) is 2.09. The van der Waals surface area contributed by atoms with E-state index in [-0.39, 0.29) is 0 Å². The summed E-state index contributed by atoms with van der Waals surface area (Å²) in [5, 5.41) is 0. The highest BCUT2D eigenvalue weighted by molar-refractivity contribution is 6.35. The lowest BCUT2D eigenvalue weighted by Gasteiger charge is -2.04.